The molecule has 0 saturated carbocycles. The molecule has 1 unspecified atom stereocenters. The summed E-state index contributed by atoms with van der Waals surface area (Å²) < 4.78 is 6.32. The highest BCUT2D eigenvalue weighted by molar-refractivity contribution is 5.96. The lowest BCUT2D eigenvalue weighted by molar-refractivity contribution is -0.143. The maximum Gasteiger partial charge on any atom is 0.351 e. The van der Waals surface area contributed by atoms with E-state index in [4.69, 9.17) is 4.74 Å². The third-order valence-electron chi connectivity index (χ3n) is 3.25. The number of carbonyl (C=O) groups excluding carboxylic acids is 2. The molecule has 0 fully saturated rings. The average molecular weight is 286 g/mol. The number of fused-ring (bicyclic) bond motifs is 3. The first-order valence-electron chi connectivity index (χ1n) is 6.40. The van der Waals surface area contributed by atoms with E-state index in [2.05, 4.69) is 15.7 Å². The molecule has 2 aromatic rings. The quantitative estimate of drug-likeness (QED) is 0.819. The van der Waals surface area contributed by atoms with E-state index >= 15 is 0 Å². The number of methoxy groups -OCH3 is 1. The van der Waals surface area contributed by atoms with Crippen molar-refractivity contribution in [2.24, 2.45) is 0 Å². The third-order valence-corrected chi connectivity index (χ3v) is 3.25. The Labute approximate surface area is 120 Å². The number of para-hydroxylation sites is 1. The van der Waals surface area contributed by atoms with Crippen LogP contribution in [0.5, 0.6) is 0 Å². The molecule has 1 aromatic carbocycles. The van der Waals surface area contributed by atoms with Gasteiger partial charge in [0.25, 0.3) is 0 Å². The minimum Gasteiger partial charge on any atom is -0.466 e. The Kier molecular flexibility index (Phi) is 3.09. The predicted molar refractivity (Wildman–Crippen MR) is 76.6 cm³/mol. The van der Waals surface area contributed by atoms with Crippen LogP contribution in [0, 0.1) is 0 Å². The van der Waals surface area contributed by atoms with Gasteiger partial charge in [0.15, 0.2) is 0 Å². The van der Waals surface area contributed by atoms with Gasteiger partial charge < -0.3 is 15.4 Å². The molecule has 0 saturated heterocycles. The van der Waals surface area contributed by atoms with Crippen molar-refractivity contribution < 1.29 is 14.3 Å². The van der Waals surface area contributed by atoms with E-state index in [1.807, 2.05) is 24.3 Å². The molecule has 108 valence electrons. The summed E-state index contributed by atoms with van der Waals surface area (Å²) in [7, 11) is 1.32. The molecule has 2 heterocycles. The summed E-state index contributed by atoms with van der Waals surface area (Å²) >= 11 is 0. The number of anilines is 2. The topological polar surface area (TPSA) is 85.2 Å². The Bertz CT molecular complexity index is 723. The zero-order valence-corrected chi connectivity index (χ0v) is 11.6. The molecule has 1 aliphatic heterocycles. The summed E-state index contributed by atoms with van der Waals surface area (Å²) in [5, 5.41) is 10.0. The van der Waals surface area contributed by atoms with Gasteiger partial charge in [-0.05, 0) is 6.07 Å². The predicted octanol–water partition coefficient (Wildman–Crippen LogP) is 1.61. The van der Waals surface area contributed by atoms with Gasteiger partial charge in [-0.15, -0.1) is 0 Å². The Balaban J connectivity index is 2.17. The summed E-state index contributed by atoms with van der Waals surface area (Å²) in [6.45, 7) is 1.43. The van der Waals surface area contributed by atoms with E-state index in [0.717, 1.165) is 11.3 Å². The second-order valence-corrected chi connectivity index (χ2v) is 4.65. The zero-order chi connectivity index (χ0) is 15.0. The lowest BCUT2D eigenvalue weighted by Gasteiger charge is -2.27. The summed E-state index contributed by atoms with van der Waals surface area (Å²) in [6, 6.07) is 7.51. The number of ether oxygens (including phenoxy) is 1. The number of esters is 1. The molecule has 1 aliphatic rings. The zero-order valence-electron chi connectivity index (χ0n) is 11.6. The van der Waals surface area contributed by atoms with Gasteiger partial charge >= 0.3 is 5.97 Å². The van der Waals surface area contributed by atoms with Crippen LogP contribution >= 0.6 is 0 Å². The van der Waals surface area contributed by atoms with Crippen LogP contribution in [0.1, 0.15) is 13.1 Å². The number of rotatable bonds is 2. The fourth-order valence-corrected chi connectivity index (χ4v) is 2.40. The van der Waals surface area contributed by atoms with Crippen LogP contribution < -0.4 is 10.6 Å². The number of nitrogens with one attached hydrogen (secondary N) is 2. The largest absolute Gasteiger partial charge is 0.466 e. The molecular formula is C14H14N4O3. The highest BCUT2D eigenvalue weighted by Gasteiger charge is 2.32. The van der Waals surface area contributed by atoms with E-state index in [-0.39, 0.29) is 5.91 Å². The molecule has 21 heavy (non-hydrogen) atoms. The van der Waals surface area contributed by atoms with Gasteiger partial charge in [-0.2, -0.15) is 5.10 Å². The first kappa shape index (κ1) is 13.2. The van der Waals surface area contributed by atoms with Gasteiger partial charge in [-0.1, -0.05) is 18.2 Å². The molecule has 0 bridgehead atoms. The summed E-state index contributed by atoms with van der Waals surface area (Å²) in [4.78, 5) is 23.3. The van der Waals surface area contributed by atoms with Gasteiger partial charge in [0, 0.05) is 18.2 Å². The number of benzene rings is 1. The van der Waals surface area contributed by atoms with Gasteiger partial charge in [-0.3, -0.25) is 4.79 Å². The Morgan fingerprint density at radius 3 is 2.86 bits per heavy atom. The molecular weight excluding hydrogens is 272 g/mol. The van der Waals surface area contributed by atoms with Crippen LogP contribution in [-0.2, 0) is 14.3 Å². The number of carbonyl (C=O) groups is 2. The minimum absolute atomic E-state index is 0.198. The van der Waals surface area contributed by atoms with Gasteiger partial charge in [0.1, 0.15) is 0 Å². The summed E-state index contributed by atoms with van der Waals surface area (Å²) in [5.41, 5.74) is 2.88. The average Bonchev–Trinajstić information content (AvgIpc) is 2.89. The first-order valence-corrected chi connectivity index (χ1v) is 6.40. The monoisotopic (exact) mass is 286 g/mol. The molecule has 1 aromatic heterocycles. The maximum absolute atomic E-state index is 11.9. The summed E-state index contributed by atoms with van der Waals surface area (Å²) in [5.74, 6) is -0.653. The smallest absolute Gasteiger partial charge is 0.351 e. The van der Waals surface area contributed by atoms with E-state index in [9.17, 15) is 9.59 Å². The number of hydrogen-bond acceptors (Lipinski definition) is 5. The second kappa shape index (κ2) is 4.93. The van der Waals surface area contributed by atoms with Crippen LogP contribution in [-0.4, -0.2) is 28.8 Å². The molecule has 7 heteroatoms. The number of nitrogens with zero attached hydrogens (tertiary/aromatic N) is 2. The van der Waals surface area contributed by atoms with Crippen molar-refractivity contribution in [3.05, 3.63) is 30.5 Å². The number of aromatic nitrogens is 2. The normalized spacial score (nSPS) is 15.4. The van der Waals surface area contributed by atoms with Crippen LogP contribution in [0.15, 0.2) is 30.5 Å². The fraction of sp³-hybridized carbons (Fsp3) is 0.214. The maximum atomic E-state index is 11.9. The minimum atomic E-state index is -0.762. The van der Waals surface area contributed by atoms with Crippen molar-refractivity contribution in [2.75, 3.05) is 17.7 Å². The molecule has 2 N–H and O–H groups in total. The summed E-state index contributed by atoms with van der Waals surface area (Å²) in [6.07, 6.45) is 0.763. The van der Waals surface area contributed by atoms with Crippen molar-refractivity contribution in [1.29, 1.82) is 0 Å². The highest BCUT2D eigenvalue weighted by Crippen LogP contribution is 2.40. The fourth-order valence-electron chi connectivity index (χ4n) is 2.40. The van der Waals surface area contributed by atoms with Crippen LogP contribution in [0.25, 0.3) is 11.3 Å². The van der Waals surface area contributed by atoms with Gasteiger partial charge in [-0.25, -0.2) is 9.48 Å². The van der Waals surface area contributed by atoms with E-state index in [1.165, 1.54) is 24.9 Å². The van der Waals surface area contributed by atoms with Crippen molar-refractivity contribution in [2.45, 2.75) is 13.1 Å². The van der Waals surface area contributed by atoms with Crippen molar-refractivity contribution >= 4 is 23.3 Å². The number of amides is 1. The highest BCUT2D eigenvalue weighted by atomic mass is 16.5. The van der Waals surface area contributed by atoms with Crippen molar-refractivity contribution in [3.8, 4) is 11.3 Å². The van der Waals surface area contributed by atoms with E-state index in [1.54, 1.807) is 0 Å². The molecule has 1 atom stereocenters. The molecule has 0 spiro atoms. The van der Waals surface area contributed by atoms with Crippen LogP contribution in [0.3, 0.4) is 0 Å². The molecule has 7 nitrogen and oxygen atoms in total. The number of hydrogen-bond donors (Lipinski definition) is 2. The van der Waals surface area contributed by atoms with Crippen LogP contribution in [0.2, 0.25) is 0 Å². The molecule has 1 amide bonds. The second-order valence-electron chi connectivity index (χ2n) is 4.65. The van der Waals surface area contributed by atoms with Crippen molar-refractivity contribution in [1.82, 2.24) is 9.78 Å². The van der Waals surface area contributed by atoms with Gasteiger partial charge in [0.2, 0.25) is 12.1 Å². The standard InChI is InChI=1S/C14H14N4O3/c1-8(19)16-11-7-15-18-12(11)9-5-3-4-6-10(9)17-13(18)14(20)21-2/h3-7,13,17H,1-2H3,(H,16,19). The first-order chi connectivity index (χ1) is 10.1. The lowest BCUT2D eigenvalue weighted by Crippen LogP contribution is -2.32. The molecule has 0 aliphatic carbocycles. The van der Waals surface area contributed by atoms with Crippen LogP contribution in [0.4, 0.5) is 11.4 Å². The van der Waals surface area contributed by atoms with E-state index < -0.39 is 12.1 Å². The third kappa shape index (κ3) is 2.12. The van der Waals surface area contributed by atoms with Crippen molar-refractivity contribution in [3.63, 3.8) is 0 Å². The van der Waals surface area contributed by atoms with Gasteiger partial charge in [0.05, 0.1) is 24.7 Å². The Morgan fingerprint density at radius 2 is 2.14 bits per heavy atom. The Hall–Kier alpha value is -2.83. The molecule has 3 rings (SSSR count). The SMILES string of the molecule is COC(=O)C1Nc2ccccc2-c2c(NC(C)=O)cnn21. The molecule has 0 radical (unpaired) electrons. The Morgan fingerprint density at radius 1 is 1.38 bits per heavy atom. The van der Waals surface area contributed by atoms with E-state index in [0.29, 0.717) is 11.4 Å². The lowest BCUT2D eigenvalue weighted by atomic mass is 10.1.